The van der Waals surface area contributed by atoms with Crippen molar-refractivity contribution in [3.8, 4) is 0 Å². The van der Waals surface area contributed by atoms with E-state index in [9.17, 15) is 4.79 Å². The average Bonchev–Trinajstić information content (AvgIpc) is 3.07. The van der Waals surface area contributed by atoms with E-state index in [0.29, 0.717) is 12.5 Å². The van der Waals surface area contributed by atoms with Crippen LogP contribution < -0.4 is 10.2 Å². The lowest BCUT2D eigenvalue weighted by Gasteiger charge is -2.24. The number of carbonyl (C=O) groups excluding carboxylic acids is 1. The molecule has 1 aromatic carbocycles. The van der Waals surface area contributed by atoms with Crippen molar-refractivity contribution in [3.05, 3.63) is 24.3 Å². The Balaban J connectivity index is 0.00000144. The first kappa shape index (κ1) is 15.6. The van der Waals surface area contributed by atoms with Crippen molar-refractivity contribution in [2.45, 2.75) is 19.0 Å². The first-order chi connectivity index (χ1) is 10.3. The zero-order valence-electron chi connectivity index (χ0n) is 12.2. The van der Waals surface area contributed by atoms with E-state index < -0.39 is 0 Å². The third kappa shape index (κ3) is 2.71. The molecule has 4 rings (SSSR count). The Kier molecular flexibility index (Phi) is 4.61. The zero-order chi connectivity index (χ0) is 14.2. The number of hydrogen-bond acceptors (Lipinski definition) is 4. The Morgan fingerprint density at radius 1 is 1.36 bits per heavy atom. The van der Waals surface area contributed by atoms with Gasteiger partial charge in [0.25, 0.3) is 0 Å². The zero-order valence-corrected chi connectivity index (χ0v) is 13.8. The van der Waals surface area contributed by atoms with Gasteiger partial charge in [0.05, 0.1) is 11.0 Å². The van der Waals surface area contributed by atoms with Gasteiger partial charge in [0, 0.05) is 43.6 Å². The molecule has 5 nitrogen and oxygen atoms in total. The summed E-state index contributed by atoms with van der Waals surface area (Å²) in [7, 11) is 0. The lowest BCUT2D eigenvalue weighted by Crippen LogP contribution is -2.42. The van der Waals surface area contributed by atoms with Crippen molar-refractivity contribution in [2.75, 3.05) is 29.5 Å². The average molecular weight is 339 g/mol. The largest absolute Gasteiger partial charge is 0.312 e. The third-order valence-electron chi connectivity index (χ3n) is 4.14. The summed E-state index contributed by atoms with van der Waals surface area (Å²) in [5.41, 5.74) is 2.09. The van der Waals surface area contributed by atoms with Crippen molar-refractivity contribution < 1.29 is 4.79 Å². The molecule has 0 saturated carbocycles. The number of benzene rings is 1. The number of aromatic nitrogens is 2. The molecule has 1 saturated heterocycles. The number of amides is 1. The van der Waals surface area contributed by atoms with Gasteiger partial charge in [0.1, 0.15) is 0 Å². The van der Waals surface area contributed by atoms with E-state index in [-0.39, 0.29) is 18.3 Å². The van der Waals surface area contributed by atoms with Crippen molar-refractivity contribution in [3.63, 3.8) is 0 Å². The molecule has 22 heavy (non-hydrogen) atoms. The number of hydrogen-bond donors (Lipinski definition) is 1. The molecule has 2 aliphatic heterocycles. The molecular weight excluding hydrogens is 320 g/mol. The molecule has 7 heteroatoms. The highest BCUT2D eigenvalue weighted by Crippen LogP contribution is 2.27. The molecule has 2 aromatic rings. The summed E-state index contributed by atoms with van der Waals surface area (Å²) in [6.45, 7) is 2.58. The van der Waals surface area contributed by atoms with Crippen LogP contribution in [0, 0.1) is 0 Å². The van der Waals surface area contributed by atoms with Crippen LogP contribution >= 0.6 is 24.2 Å². The maximum absolute atomic E-state index is 12.6. The molecule has 1 fully saturated rings. The lowest BCUT2D eigenvalue weighted by atomic mass is 10.2. The number of halogens is 1. The van der Waals surface area contributed by atoms with E-state index in [2.05, 4.69) is 20.9 Å². The van der Waals surface area contributed by atoms with Gasteiger partial charge in [-0.15, -0.1) is 12.4 Å². The predicted molar refractivity (Wildman–Crippen MR) is 93.1 cm³/mol. The second-order valence-electron chi connectivity index (χ2n) is 5.53. The van der Waals surface area contributed by atoms with E-state index in [0.717, 1.165) is 48.1 Å². The van der Waals surface area contributed by atoms with Crippen LogP contribution in [-0.4, -0.2) is 46.1 Å². The van der Waals surface area contributed by atoms with Crippen molar-refractivity contribution in [1.82, 2.24) is 14.9 Å². The van der Waals surface area contributed by atoms with Gasteiger partial charge < -0.3 is 9.88 Å². The molecule has 118 valence electrons. The van der Waals surface area contributed by atoms with E-state index in [1.807, 2.05) is 34.9 Å². The van der Waals surface area contributed by atoms with E-state index >= 15 is 0 Å². The fourth-order valence-electron chi connectivity index (χ4n) is 3.10. The SMILES string of the molecule is Cl.O=C(CC1CSCCN1)N1CCn2c1nc1ccccc12. The monoisotopic (exact) mass is 338 g/mol. The van der Waals surface area contributed by atoms with Gasteiger partial charge in [-0.05, 0) is 12.1 Å². The van der Waals surface area contributed by atoms with Crippen molar-refractivity contribution in [2.24, 2.45) is 0 Å². The molecule has 0 radical (unpaired) electrons. The second kappa shape index (κ2) is 6.48. The maximum Gasteiger partial charge on any atom is 0.230 e. The van der Waals surface area contributed by atoms with Gasteiger partial charge in [-0.1, -0.05) is 12.1 Å². The number of nitrogens with zero attached hydrogens (tertiary/aromatic N) is 3. The number of fused-ring (bicyclic) bond motifs is 3. The van der Waals surface area contributed by atoms with Crippen LogP contribution in [0.5, 0.6) is 0 Å². The number of thioether (sulfide) groups is 1. The van der Waals surface area contributed by atoms with Crippen molar-refractivity contribution >= 4 is 47.1 Å². The number of anilines is 1. The molecular formula is C15H19ClN4OS. The van der Waals surface area contributed by atoms with Gasteiger partial charge >= 0.3 is 0 Å². The topological polar surface area (TPSA) is 50.2 Å². The first-order valence-corrected chi connectivity index (χ1v) is 8.55. The quantitative estimate of drug-likeness (QED) is 0.908. The van der Waals surface area contributed by atoms with Gasteiger partial charge in [0.15, 0.2) is 0 Å². The predicted octanol–water partition coefficient (Wildman–Crippen LogP) is 1.90. The fourth-order valence-corrected chi connectivity index (χ4v) is 4.05. The molecule has 1 amide bonds. The van der Waals surface area contributed by atoms with Gasteiger partial charge in [-0.2, -0.15) is 11.8 Å². The van der Waals surface area contributed by atoms with Gasteiger partial charge in [0.2, 0.25) is 11.9 Å². The minimum Gasteiger partial charge on any atom is -0.312 e. The summed E-state index contributed by atoms with van der Waals surface area (Å²) < 4.78 is 2.15. The van der Waals surface area contributed by atoms with E-state index in [4.69, 9.17) is 0 Å². The number of rotatable bonds is 2. The molecule has 3 heterocycles. The fraction of sp³-hybridized carbons (Fsp3) is 0.467. The Labute approximate surface area is 139 Å². The molecule has 0 spiro atoms. The van der Waals surface area contributed by atoms with E-state index in [1.165, 1.54) is 0 Å². The number of imidazole rings is 1. The first-order valence-electron chi connectivity index (χ1n) is 7.40. The summed E-state index contributed by atoms with van der Waals surface area (Å²) in [5, 5.41) is 3.43. The minimum atomic E-state index is 0. The Morgan fingerprint density at radius 3 is 3.05 bits per heavy atom. The summed E-state index contributed by atoms with van der Waals surface area (Å²) in [5.74, 6) is 3.16. The molecule has 1 atom stereocenters. The highest BCUT2D eigenvalue weighted by Gasteiger charge is 2.29. The Morgan fingerprint density at radius 2 is 2.23 bits per heavy atom. The molecule has 1 unspecified atom stereocenters. The Hall–Kier alpha value is -1.24. The summed E-state index contributed by atoms with van der Waals surface area (Å²) >= 11 is 1.92. The standard InChI is InChI=1S/C15H18N4OS.ClH/c20-14(9-11-10-21-8-5-16-11)19-7-6-18-13-4-2-1-3-12(13)17-15(18)19;/h1-4,11,16H,5-10H2;1H. The number of nitrogens with one attached hydrogen (secondary N) is 1. The molecule has 0 aliphatic carbocycles. The third-order valence-corrected chi connectivity index (χ3v) is 5.27. The van der Waals surface area contributed by atoms with Gasteiger partial charge in [-0.25, -0.2) is 4.98 Å². The molecule has 0 bridgehead atoms. The highest BCUT2D eigenvalue weighted by atomic mass is 35.5. The minimum absolute atomic E-state index is 0. The molecule has 2 aliphatic rings. The van der Waals surface area contributed by atoms with Crippen molar-refractivity contribution in [1.29, 1.82) is 0 Å². The maximum atomic E-state index is 12.6. The normalized spacial score (nSPS) is 20.7. The van der Waals surface area contributed by atoms with Crippen LogP contribution in [-0.2, 0) is 11.3 Å². The summed E-state index contributed by atoms with van der Waals surface area (Å²) in [4.78, 5) is 19.1. The van der Waals surface area contributed by atoms with Crippen LogP contribution in [0.4, 0.5) is 5.95 Å². The number of carbonyl (C=O) groups is 1. The van der Waals surface area contributed by atoms with Crippen LogP contribution in [0.15, 0.2) is 24.3 Å². The van der Waals surface area contributed by atoms with Crippen LogP contribution in [0.3, 0.4) is 0 Å². The molecule has 1 aromatic heterocycles. The van der Waals surface area contributed by atoms with Crippen LogP contribution in [0.25, 0.3) is 11.0 Å². The van der Waals surface area contributed by atoms with Crippen LogP contribution in [0.1, 0.15) is 6.42 Å². The summed E-state index contributed by atoms with van der Waals surface area (Å²) in [6.07, 6.45) is 0.566. The Bertz CT molecular complexity index is 683. The van der Waals surface area contributed by atoms with E-state index in [1.54, 1.807) is 0 Å². The lowest BCUT2D eigenvalue weighted by molar-refractivity contribution is -0.118. The number of para-hydroxylation sites is 2. The van der Waals surface area contributed by atoms with Gasteiger partial charge in [-0.3, -0.25) is 9.69 Å². The second-order valence-corrected chi connectivity index (χ2v) is 6.68. The highest BCUT2D eigenvalue weighted by molar-refractivity contribution is 7.99. The van der Waals surface area contributed by atoms with Crippen LogP contribution in [0.2, 0.25) is 0 Å². The smallest absolute Gasteiger partial charge is 0.230 e. The molecule has 1 N–H and O–H groups in total. The summed E-state index contributed by atoms with van der Waals surface area (Å²) in [6, 6.07) is 8.38.